The number of likely N-dealkylation sites (tertiary alicyclic amines) is 1. The van der Waals surface area contributed by atoms with E-state index in [1.165, 1.54) is 0 Å². The number of carbonyl (C=O) groups is 3. The van der Waals surface area contributed by atoms with Crippen LogP contribution >= 0.6 is 11.8 Å². The van der Waals surface area contributed by atoms with Crippen LogP contribution in [0, 0.1) is 5.92 Å². The minimum Gasteiger partial charge on any atom is -0.435 e. The van der Waals surface area contributed by atoms with E-state index in [1.54, 1.807) is 31.2 Å². The number of thioether (sulfide) groups is 1. The normalized spacial score (nSPS) is 25.0. The highest BCUT2D eigenvalue weighted by Crippen LogP contribution is 2.31. The first kappa shape index (κ1) is 17.7. The molecular weight excluding hydrogens is 314 g/mol. The number of carboxylic acid groups (broad SMARTS) is 1. The maximum Gasteiger partial charge on any atom is 0.521 e. The Morgan fingerprint density at radius 1 is 1.30 bits per heavy atom. The van der Waals surface area contributed by atoms with E-state index in [-0.39, 0.29) is 17.1 Å². The maximum absolute atomic E-state index is 12.7. The van der Waals surface area contributed by atoms with Gasteiger partial charge in [0.1, 0.15) is 6.04 Å². The van der Waals surface area contributed by atoms with Gasteiger partial charge in [-0.15, -0.1) is 0 Å². The highest BCUT2D eigenvalue weighted by molar-refractivity contribution is 8.14. The summed E-state index contributed by atoms with van der Waals surface area (Å²) < 4.78 is -0.499. The van der Waals surface area contributed by atoms with E-state index in [9.17, 15) is 19.5 Å². The van der Waals surface area contributed by atoms with Gasteiger partial charge >= 0.3 is 12.0 Å². The summed E-state index contributed by atoms with van der Waals surface area (Å²) in [4.78, 5) is 36.6. The van der Waals surface area contributed by atoms with Crippen LogP contribution in [0.2, 0.25) is 0 Å². The number of rotatable bonds is 4. The Labute approximate surface area is 140 Å². The van der Waals surface area contributed by atoms with Crippen LogP contribution in [0.5, 0.6) is 0 Å². The fraction of sp³-hybridized carbons (Fsp3) is 0.471. The number of imide groups is 1. The van der Waals surface area contributed by atoms with Crippen molar-refractivity contribution in [2.45, 2.75) is 32.7 Å². The number of hydrogen-bond acceptors (Lipinski definition) is 4. The van der Waals surface area contributed by atoms with Crippen LogP contribution in [-0.2, 0) is 4.79 Å². The number of carbonyl (C=O) groups excluding carboxylic acids is 2. The first-order valence-corrected chi connectivity index (χ1v) is 8.76. The third-order valence-corrected chi connectivity index (χ3v) is 5.68. The van der Waals surface area contributed by atoms with Gasteiger partial charge in [-0.25, -0.2) is 4.79 Å². The molecule has 2 unspecified atom stereocenters. The molecule has 1 aliphatic heterocycles. The largest absolute Gasteiger partial charge is 0.521 e. The summed E-state index contributed by atoms with van der Waals surface area (Å²) in [5.74, 6) is -0.479. The van der Waals surface area contributed by atoms with E-state index in [0.717, 1.165) is 24.6 Å². The Morgan fingerprint density at radius 2 is 1.96 bits per heavy atom. The van der Waals surface area contributed by atoms with Gasteiger partial charge in [0.25, 0.3) is 0 Å². The minimum absolute atomic E-state index is 0.0957. The molecule has 0 spiro atoms. The zero-order valence-corrected chi connectivity index (χ0v) is 14.2. The van der Waals surface area contributed by atoms with Gasteiger partial charge in [-0.3, -0.25) is 4.79 Å². The Kier molecular flexibility index (Phi) is 5.59. The average Bonchev–Trinajstić information content (AvgIpc) is 2.95. The molecule has 124 valence electrons. The average molecular weight is 336 g/mol. The number of amides is 2. The zero-order chi connectivity index (χ0) is 17.0. The molecule has 1 aromatic rings. The van der Waals surface area contributed by atoms with E-state index in [1.807, 2.05) is 13.0 Å². The second-order valence-electron chi connectivity index (χ2n) is 6.07. The van der Waals surface area contributed by atoms with Crippen molar-refractivity contribution in [1.29, 1.82) is 0 Å². The van der Waals surface area contributed by atoms with Gasteiger partial charge in [-0.2, -0.15) is 9.28 Å². The van der Waals surface area contributed by atoms with Crippen LogP contribution < -0.4 is 0 Å². The molecular formula is C17H22NO4S+. The molecule has 2 rings (SSSR count). The summed E-state index contributed by atoms with van der Waals surface area (Å²) in [6, 6.07) is 8.67. The van der Waals surface area contributed by atoms with E-state index in [0.29, 0.717) is 17.9 Å². The topological polar surface area (TPSA) is 71.4 Å². The summed E-state index contributed by atoms with van der Waals surface area (Å²) in [5.41, 5.74) is 0.592. The molecule has 1 heterocycles. The summed E-state index contributed by atoms with van der Waals surface area (Å²) >= 11 is 1.07. The summed E-state index contributed by atoms with van der Waals surface area (Å²) in [5, 5.41) is 9.49. The quantitative estimate of drug-likeness (QED) is 0.853. The smallest absolute Gasteiger partial charge is 0.435 e. The van der Waals surface area contributed by atoms with Gasteiger partial charge in [0, 0.05) is 24.2 Å². The second-order valence-corrected chi connectivity index (χ2v) is 7.06. The highest BCUT2D eigenvalue weighted by atomic mass is 32.2. The number of quaternary nitrogens is 1. The Morgan fingerprint density at radius 3 is 2.48 bits per heavy atom. The molecule has 0 aliphatic carbocycles. The summed E-state index contributed by atoms with van der Waals surface area (Å²) in [7, 11) is 0. The number of hydrogen-bond donors (Lipinski definition) is 1. The van der Waals surface area contributed by atoms with Gasteiger partial charge in [0.2, 0.25) is 5.12 Å². The van der Waals surface area contributed by atoms with Crippen LogP contribution in [0.15, 0.2) is 30.3 Å². The lowest BCUT2D eigenvalue weighted by molar-refractivity contribution is -0.793. The first-order chi connectivity index (χ1) is 10.9. The first-order valence-electron chi connectivity index (χ1n) is 7.77. The summed E-state index contributed by atoms with van der Waals surface area (Å²) in [6.45, 7) is 3.87. The van der Waals surface area contributed by atoms with Crippen LogP contribution in [0.25, 0.3) is 0 Å². The third-order valence-electron chi connectivity index (χ3n) is 4.52. The third kappa shape index (κ3) is 3.48. The molecule has 5 nitrogen and oxygen atoms in total. The van der Waals surface area contributed by atoms with E-state index in [2.05, 4.69) is 0 Å². The van der Waals surface area contributed by atoms with Crippen LogP contribution in [0.1, 0.15) is 37.0 Å². The Hall–Kier alpha value is -1.66. The van der Waals surface area contributed by atoms with Gasteiger partial charge < -0.3 is 5.11 Å². The lowest BCUT2D eigenvalue weighted by Crippen LogP contribution is -2.60. The molecule has 1 aliphatic rings. The predicted molar refractivity (Wildman–Crippen MR) is 89.2 cm³/mol. The fourth-order valence-corrected chi connectivity index (χ4v) is 3.95. The van der Waals surface area contributed by atoms with Gasteiger partial charge in [0.15, 0.2) is 0 Å². The van der Waals surface area contributed by atoms with Crippen molar-refractivity contribution < 1.29 is 24.0 Å². The van der Waals surface area contributed by atoms with Gasteiger partial charge in [0.05, 0.1) is 12.5 Å². The zero-order valence-electron chi connectivity index (χ0n) is 13.4. The van der Waals surface area contributed by atoms with Crippen LogP contribution in [0.4, 0.5) is 4.79 Å². The van der Waals surface area contributed by atoms with Gasteiger partial charge in [-0.05, 0) is 13.8 Å². The standard InChI is InChI=1S/C17H21NO4S/c1-12(11-23-16(20)14-8-4-3-5-9-14)15(19)18(17(21)22)10-6-7-13(18)2/h3-5,8-9,12-13H,6-7,10-11H2,1-2H3/p+1/t12?,13?,18-/m0/s1. The number of benzene rings is 1. The molecule has 0 radical (unpaired) electrons. The van der Waals surface area contributed by atoms with Crippen molar-refractivity contribution in [1.82, 2.24) is 0 Å². The molecule has 6 heteroatoms. The summed E-state index contributed by atoms with van der Waals surface area (Å²) in [6.07, 6.45) is 0.398. The van der Waals surface area contributed by atoms with Crippen molar-refractivity contribution >= 4 is 28.9 Å². The second kappa shape index (κ2) is 7.27. The molecule has 23 heavy (non-hydrogen) atoms. The predicted octanol–water partition coefficient (Wildman–Crippen LogP) is 3.40. The SMILES string of the molecule is CC(CSC(=O)c1ccccc1)C(=O)[N@+]1(C(=O)O)CCCC1C. The van der Waals surface area contributed by atoms with Crippen molar-refractivity contribution in [3.63, 3.8) is 0 Å². The molecule has 0 saturated carbocycles. The molecule has 1 fully saturated rings. The van der Waals surface area contributed by atoms with Crippen molar-refractivity contribution in [3.05, 3.63) is 35.9 Å². The fourth-order valence-electron chi connectivity index (χ4n) is 3.11. The lowest BCUT2D eigenvalue weighted by atomic mass is 10.1. The van der Waals surface area contributed by atoms with Gasteiger partial charge in [-0.1, -0.05) is 42.1 Å². The van der Waals surface area contributed by atoms with E-state index < -0.39 is 16.5 Å². The van der Waals surface area contributed by atoms with Crippen molar-refractivity contribution in [3.8, 4) is 0 Å². The van der Waals surface area contributed by atoms with Crippen LogP contribution in [-0.4, -0.2) is 45.0 Å². The van der Waals surface area contributed by atoms with E-state index in [4.69, 9.17) is 0 Å². The molecule has 3 atom stereocenters. The number of nitrogens with zero attached hydrogens (tertiary/aromatic N) is 1. The lowest BCUT2D eigenvalue weighted by Gasteiger charge is -2.31. The minimum atomic E-state index is -1.08. The molecule has 0 aromatic heterocycles. The molecule has 1 N–H and O–H groups in total. The Bertz CT molecular complexity index is 604. The monoisotopic (exact) mass is 336 g/mol. The Balaban J connectivity index is 2.02. The maximum atomic E-state index is 12.7. The molecule has 0 bridgehead atoms. The van der Waals surface area contributed by atoms with Crippen molar-refractivity contribution in [2.75, 3.05) is 12.3 Å². The molecule has 1 aromatic carbocycles. The highest BCUT2D eigenvalue weighted by Gasteiger charge is 2.54. The molecule has 1 saturated heterocycles. The van der Waals surface area contributed by atoms with Crippen LogP contribution in [0.3, 0.4) is 0 Å². The molecule has 2 amide bonds. The van der Waals surface area contributed by atoms with Crippen molar-refractivity contribution in [2.24, 2.45) is 5.92 Å². The van der Waals surface area contributed by atoms with E-state index >= 15 is 0 Å².